The number of hydrogen-bond acceptors (Lipinski definition) is 4. The van der Waals surface area contributed by atoms with Crippen LogP contribution in [0.25, 0.3) is 6.08 Å². The Morgan fingerprint density at radius 1 is 1.03 bits per heavy atom. The first kappa shape index (κ1) is 21.7. The molecule has 0 amide bonds. The van der Waals surface area contributed by atoms with E-state index in [1.807, 2.05) is 30.3 Å². The lowest BCUT2D eigenvalue weighted by Gasteiger charge is -2.35. The SMILES string of the molecule is CCOC(=O)/C=C/c1ccc(C2c3ccc(OC)cc3CCC2c2ccc(O)cc2)cc1. The lowest BCUT2D eigenvalue weighted by molar-refractivity contribution is -0.137. The molecule has 0 saturated carbocycles. The molecule has 2 unspecified atom stereocenters. The highest BCUT2D eigenvalue weighted by molar-refractivity contribution is 5.87. The fourth-order valence-electron chi connectivity index (χ4n) is 4.59. The van der Waals surface area contributed by atoms with Crippen molar-refractivity contribution in [3.63, 3.8) is 0 Å². The van der Waals surface area contributed by atoms with E-state index in [4.69, 9.17) is 9.47 Å². The van der Waals surface area contributed by atoms with E-state index in [9.17, 15) is 9.90 Å². The molecule has 1 aliphatic rings. The summed E-state index contributed by atoms with van der Waals surface area (Å²) in [5.41, 5.74) is 6.03. The van der Waals surface area contributed by atoms with Crippen molar-refractivity contribution in [1.82, 2.24) is 0 Å². The zero-order valence-electron chi connectivity index (χ0n) is 18.5. The van der Waals surface area contributed by atoms with Gasteiger partial charge in [-0.3, -0.25) is 0 Å². The molecule has 4 rings (SSSR count). The monoisotopic (exact) mass is 428 g/mol. The fourth-order valence-corrected chi connectivity index (χ4v) is 4.59. The molecule has 4 heteroatoms. The van der Waals surface area contributed by atoms with Gasteiger partial charge in [-0.2, -0.15) is 0 Å². The summed E-state index contributed by atoms with van der Waals surface area (Å²) >= 11 is 0. The molecule has 164 valence electrons. The van der Waals surface area contributed by atoms with Gasteiger partial charge in [-0.15, -0.1) is 0 Å². The van der Waals surface area contributed by atoms with Crippen LogP contribution < -0.4 is 4.74 Å². The molecule has 0 radical (unpaired) electrons. The van der Waals surface area contributed by atoms with E-state index in [0.717, 1.165) is 24.2 Å². The van der Waals surface area contributed by atoms with Crippen LogP contribution in [0.3, 0.4) is 0 Å². The first-order valence-electron chi connectivity index (χ1n) is 11.0. The Morgan fingerprint density at radius 3 is 2.44 bits per heavy atom. The van der Waals surface area contributed by atoms with Crippen LogP contribution in [-0.2, 0) is 16.0 Å². The van der Waals surface area contributed by atoms with E-state index in [0.29, 0.717) is 12.5 Å². The Bertz CT molecular complexity index is 1100. The number of aromatic hydroxyl groups is 1. The van der Waals surface area contributed by atoms with Gasteiger partial charge in [-0.05, 0) is 83.8 Å². The standard InChI is InChI=1S/C28H28O4/c1-3-32-27(30)17-6-19-4-7-21(8-5-19)28-25(20-9-12-23(29)13-10-20)15-11-22-18-24(31-2)14-16-26(22)28/h4-10,12-14,16-18,25,28-29H,3,11,15H2,1-2H3/b17-6+. The maximum Gasteiger partial charge on any atom is 0.330 e. The first-order valence-corrected chi connectivity index (χ1v) is 11.0. The molecule has 3 aromatic rings. The maximum absolute atomic E-state index is 11.6. The van der Waals surface area contributed by atoms with Crippen LogP contribution in [0.4, 0.5) is 0 Å². The number of fused-ring (bicyclic) bond motifs is 1. The van der Waals surface area contributed by atoms with Gasteiger partial charge in [0, 0.05) is 12.0 Å². The molecule has 1 N–H and O–H groups in total. The third kappa shape index (κ3) is 4.70. The van der Waals surface area contributed by atoms with Gasteiger partial charge in [0.25, 0.3) is 0 Å². The maximum atomic E-state index is 11.6. The number of phenols is 1. The number of ether oxygens (including phenoxy) is 2. The van der Waals surface area contributed by atoms with Crippen molar-refractivity contribution in [2.24, 2.45) is 0 Å². The fraction of sp³-hybridized carbons (Fsp3) is 0.250. The normalized spacial score (nSPS) is 17.7. The predicted molar refractivity (Wildman–Crippen MR) is 126 cm³/mol. The van der Waals surface area contributed by atoms with Crippen LogP contribution in [-0.4, -0.2) is 24.8 Å². The molecule has 3 aromatic carbocycles. The molecule has 0 heterocycles. The zero-order chi connectivity index (χ0) is 22.5. The number of carbonyl (C=O) groups is 1. The number of esters is 1. The second kappa shape index (κ2) is 9.73. The molecule has 0 bridgehead atoms. The van der Waals surface area contributed by atoms with Gasteiger partial charge in [0.1, 0.15) is 11.5 Å². The third-order valence-corrected chi connectivity index (χ3v) is 6.13. The Balaban J connectivity index is 1.70. The van der Waals surface area contributed by atoms with Gasteiger partial charge in [0.2, 0.25) is 0 Å². The number of carbonyl (C=O) groups excluding carboxylic acids is 1. The molecule has 0 saturated heterocycles. The van der Waals surface area contributed by atoms with Crippen molar-refractivity contribution in [1.29, 1.82) is 0 Å². The third-order valence-electron chi connectivity index (χ3n) is 6.13. The minimum Gasteiger partial charge on any atom is -0.508 e. The molecule has 0 aromatic heterocycles. The van der Waals surface area contributed by atoms with E-state index >= 15 is 0 Å². The van der Waals surface area contributed by atoms with Crippen LogP contribution in [0.1, 0.15) is 53.0 Å². The minimum absolute atomic E-state index is 0.192. The summed E-state index contributed by atoms with van der Waals surface area (Å²) in [6.07, 6.45) is 5.23. The Hall–Kier alpha value is -3.53. The molecule has 2 atom stereocenters. The van der Waals surface area contributed by atoms with Gasteiger partial charge in [-0.25, -0.2) is 4.79 Å². The van der Waals surface area contributed by atoms with E-state index in [1.54, 1.807) is 32.2 Å². The Morgan fingerprint density at radius 2 is 1.75 bits per heavy atom. The van der Waals surface area contributed by atoms with E-state index < -0.39 is 0 Å². The number of aryl methyl sites for hydroxylation is 1. The molecule has 0 aliphatic heterocycles. The van der Waals surface area contributed by atoms with Crippen LogP contribution in [0.15, 0.2) is 72.8 Å². The number of benzene rings is 3. The minimum atomic E-state index is -0.334. The van der Waals surface area contributed by atoms with Crippen molar-refractivity contribution in [3.05, 3.63) is 101 Å². The van der Waals surface area contributed by atoms with Crippen LogP contribution in [0.5, 0.6) is 11.5 Å². The van der Waals surface area contributed by atoms with E-state index in [-0.39, 0.29) is 17.6 Å². The molecule has 4 nitrogen and oxygen atoms in total. The molecule has 0 spiro atoms. The molecular weight excluding hydrogens is 400 g/mol. The van der Waals surface area contributed by atoms with Crippen molar-refractivity contribution in [2.45, 2.75) is 31.6 Å². The van der Waals surface area contributed by atoms with Crippen molar-refractivity contribution < 1.29 is 19.4 Å². The largest absolute Gasteiger partial charge is 0.508 e. The van der Waals surface area contributed by atoms with Crippen LogP contribution >= 0.6 is 0 Å². The topological polar surface area (TPSA) is 55.8 Å². The quantitative estimate of drug-likeness (QED) is 0.396. The lowest BCUT2D eigenvalue weighted by atomic mass is 9.69. The average Bonchev–Trinajstić information content (AvgIpc) is 2.83. The molecule has 1 aliphatic carbocycles. The number of hydrogen-bond donors (Lipinski definition) is 1. The Kier molecular flexibility index (Phi) is 6.60. The summed E-state index contributed by atoms with van der Waals surface area (Å²) in [6.45, 7) is 2.16. The highest BCUT2D eigenvalue weighted by atomic mass is 16.5. The predicted octanol–water partition coefficient (Wildman–Crippen LogP) is 5.84. The smallest absolute Gasteiger partial charge is 0.330 e. The second-order valence-electron chi connectivity index (χ2n) is 8.03. The average molecular weight is 429 g/mol. The number of rotatable bonds is 6. The summed E-state index contributed by atoms with van der Waals surface area (Å²) in [4.78, 5) is 11.6. The summed E-state index contributed by atoms with van der Waals surface area (Å²) in [7, 11) is 1.70. The highest BCUT2D eigenvalue weighted by Crippen LogP contribution is 2.47. The lowest BCUT2D eigenvalue weighted by Crippen LogP contribution is -2.20. The molecule has 0 fully saturated rings. The summed E-state index contributed by atoms with van der Waals surface area (Å²) < 4.78 is 10.4. The summed E-state index contributed by atoms with van der Waals surface area (Å²) in [6, 6.07) is 22.3. The molecular formula is C28H28O4. The zero-order valence-corrected chi connectivity index (χ0v) is 18.5. The van der Waals surface area contributed by atoms with Crippen LogP contribution in [0.2, 0.25) is 0 Å². The van der Waals surface area contributed by atoms with Gasteiger partial charge in [-0.1, -0.05) is 42.5 Å². The highest BCUT2D eigenvalue weighted by Gasteiger charge is 2.32. The van der Waals surface area contributed by atoms with Gasteiger partial charge >= 0.3 is 5.97 Å². The van der Waals surface area contributed by atoms with E-state index in [1.165, 1.54) is 28.3 Å². The van der Waals surface area contributed by atoms with E-state index in [2.05, 4.69) is 24.3 Å². The number of methoxy groups -OCH3 is 1. The van der Waals surface area contributed by atoms with Gasteiger partial charge in [0.05, 0.1) is 13.7 Å². The summed E-state index contributed by atoms with van der Waals surface area (Å²) in [5.74, 6) is 1.32. The van der Waals surface area contributed by atoms with Crippen molar-refractivity contribution in [3.8, 4) is 11.5 Å². The van der Waals surface area contributed by atoms with Crippen molar-refractivity contribution >= 4 is 12.0 Å². The van der Waals surface area contributed by atoms with Gasteiger partial charge < -0.3 is 14.6 Å². The number of phenolic OH excluding ortho intramolecular Hbond substituents is 1. The van der Waals surface area contributed by atoms with Crippen LogP contribution in [0, 0.1) is 0 Å². The van der Waals surface area contributed by atoms with Gasteiger partial charge in [0.15, 0.2) is 0 Å². The van der Waals surface area contributed by atoms with Crippen molar-refractivity contribution in [2.75, 3.05) is 13.7 Å². The Labute approximate surface area is 189 Å². The second-order valence-corrected chi connectivity index (χ2v) is 8.03. The molecule has 32 heavy (non-hydrogen) atoms. The first-order chi connectivity index (χ1) is 15.6. The summed E-state index contributed by atoms with van der Waals surface area (Å²) in [5, 5.41) is 9.75.